The zero-order valence-corrected chi connectivity index (χ0v) is 13.9. The average Bonchev–Trinajstić information content (AvgIpc) is 3.56. The minimum Gasteiger partial charge on any atom is -0.462 e. The van der Waals surface area contributed by atoms with E-state index in [0.29, 0.717) is 30.8 Å². The zero-order valence-electron chi connectivity index (χ0n) is 13.9. The van der Waals surface area contributed by atoms with Crippen molar-refractivity contribution in [2.75, 3.05) is 13.2 Å². The Bertz CT molecular complexity index is 723. The minimum atomic E-state index is -0.604. The highest BCUT2D eigenvalue weighted by Crippen LogP contribution is 2.32. The summed E-state index contributed by atoms with van der Waals surface area (Å²) in [6, 6.07) is 10.9. The van der Waals surface area contributed by atoms with Crippen LogP contribution < -0.4 is 0 Å². The quantitative estimate of drug-likeness (QED) is 0.711. The Morgan fingerprint density at radius 3 is 2.12 bits per heavy atom. The molecular formula is C20H20O5. The normalized spacial score (nSPS) is 16.5. The van der Waals surface area contributed by atoms with Crippen LogP contribution in [-0.4, -0.2) is 25.2 Å². The smallest absolute Gasteiger partial charge is 0.375 e. The predicted octanol–water partition coefficient (Wildman–Crippen LogP) is 4.08. The van der Waals surface area contributed by atoms with E-state index >= 15 is 0 Å². The Labute approximate surface area is 145 Å². The Kier molecular flexibility index (Phi) is 4.30. The van der Waals surface area contributed by atoms with Crippen LogP contribution in [0.25, 0.3) is 11.3 Å². The van der Waals surface area contributed by atoms with Gasteiger partial charge in [0.05, 0.1) is 13.2 Å². The monoisotopic (exact) mass is 340 g/mol. The largest absolute Gasteiger partial charge is 0.462 e. The Morgan fingerprint density at radius 2 is 1.52 bits per heavy atom. The van der Waals surface area contributed by atoms with E-state index in [9.17, 15) is 9.59 Å². The Hall–Kier alpha value is -2.56. The summed E-state index contributed by atoms with van der Waals surface area (Å²) in [6.07, 6.45) is 4.34. The third-order valence-electron chi connectivity index (χ3n) is 4.49. The fourth-order valence-corrected chi connectivity index (χ4v) is 2.54. The van der Waals surface area contributed by atoms with Gasteiger partial charge < -0.3 is 13.9 Å². The fraction of sp³-hybridized carbons (Fsp3) is 0.400. The van der Waals surface area contributed by atoms with E-state index in [2.05, 4.69) is 0 Å². The third kappa shape index (κ3) is 3.92. The van der Waals surface area contributed by atoms with E-state index in [-0.39, 0.29) is 11.3 Å². The van der Waals surface area contributed by atoms with Gasteiger partial charge in [0.2, 0.25) is 5.76 Å². The van der Waals surface area contributed by atoms with Crippen LogP contribution in [0.15, 0.2) is 40.8 Å². The first kappa shape index (κ1) is 15.9. The second-order valence-electron chi connectivity index (χ2n) is 6.80. The summed E-state index contributed by atoms with van der Waals surface area (Å²) in [5.74, 6) is 0.147. The second kappa shape index (κ2) is 6.75. The van der Waals surface area contributed by atoms with Crippen molar-refractivity contribution in [3.63, 3.8) is 0 Å². The molecule has 0 spiro atoms. The van der Waals surface area contributed by atoms with Crippen molar-refractivity contribution in [2.45, 2.75) is 25.7 Å². The predicted molar refractivity (Wildman–Crippen MR) is 90.2 cm³/mol. The number of benzene rings is 1. The molecule has 25 heavy (non-hydrogen) atoms. The molecule has 0 amide bonds. The highest BCUT2D eigenvalue weighted by molar-refractivity contribution is 6.02. The second-order valence-corrected chi connectivity index (χ2v) is 6.80. The molecule has 2 saturated carbocycles. The number of esters is 2. The van der Waals surface area contributed by atoms with Crippen LogP contribution in [-0.2, 0) is 9.47 Å². The molecule has 5 nitrogen and oxygen atoms in total. The van der Waals surface area contributed by atoms with E-state index in [0.717, 1.165) is 31.2 Å². The van der Waals surface area contributed by atoms with Crippen molar-refractivity contribution in [3.05, 3.63) is 47.7 Å². The van der Waals surface area contributed by atoms with Crippen LogP contribution in [0, 0.1) is 11.8 Å². The maximum absolute atomic E-state index is 12.4. The van der Waals surface area contributed by atoms with Gasteiger partial charge in [-0.05, 0) is 43.6 Å². The lowest BCUT2D eigenvalue weighted by Gasteiger charge is -2.04. The van der Waals surface area contributed by atoms with E-state index in [1.165, 1.54) is 0 Å². The first-order valence-corrected chi connectivity index (χ1v) is 8.74. The summed E-state index contributed by atoms with van der Waals surface area (Å²) in [5, 5.41) is 0. The maximum Gasteiger partial charge on any atom is 0.375 e. The lowest BCUT2D eigenvalue weighted by molar-refractivity contribution is 0.0412. The van der Waals surface area contributed by atoms with Gasteiger partial charge in [0.25, 0.3) is 0 Å². The van der Waals surface area contributed by atoms with E-state index in [4.69, 9.17) is 13.9 Å². The van der Waals surface area contributed by atoms with Crippen molar-refractivity contribution >= 4 is 11.9 Å². The molecule has 4 rings (SSSR count). The van der Waals surface area contributed by atoms with Crippen molar-refractivity contribution < 1.29 is 23.5 Å². The fourth-order valence-electron chi connectivity index (χ4n) is 2.54. The molecule has 2 aliphatic rings. The van der Waals surface area contributed by atoms with Crippen LogP contribution in [0.4, 0.5) is 0 Å². The van der Waals surface area contributed by atoms with Crippen molar-refractivity contribution in [1.82, 2.24) is 0 Å². The van der Waals surface area contributed by atoms with Crippen molar-refractivity contribution in [1.29, 1.82) is 0 Å². The van der Waals surface area contributed by atoms with Crippen LogP contribution >= 0.6 is 0 Å². The van der Waals surface area contributed by atoms with Crippen LogP contribution in [0.5, 0.6) is 0 Å². The molecule has 2 fully saturated rings. The molecule has 2 aromatic rings. The molecule has 0 unspecified atom stereocenters. The standard InChI is InChI=1S/C20H20O5/c21-19(23-11-13-6-7-13)16-10-17(15-4-2-1-3-5-15)25-18(16)20(22)24-12-14-8-9-14/h1-5,10,13-14H,6-9,11-12H2. The van der Waals surface area contributed by atoms with Crippen LogP contribution in [0.3, 0.4) is 0 Å². The van der Waals surface area contributed by atoms with Gasteiger partial charge >= 0.3 is 11.9 Å². The van der Waals surface area contributed by atoms with Gasteiger partial charge in [-0.3, -0.25) is 0 Å². The third-order valence-corrected chi connectivity index (χ3v) is 4.49. The van der Waals surface area contributed by atoms with Gasteiger partial charge in [0, 0.05) is 5.56 Å². The van der Waals surface area contributed by atoms with Crippen LogP contribution in [0.1, 0.15) is 46.6 Å². The molecule has 0 aliphatic heterocycles. The summed E-state index contributed by atoms with van der Waals surface area (Å²) in [6.45, 7) is 0.762. The number of carbonyl (C=O) groups is 2. The van der Waals surface area contributed by atoms with E-state index < -0.39 is 11.9 Å². The van der Waals surface area contributed by atoms with Crippen LogP contribution in [0.2, 0.25) is 0 Å². The van der Waals surface area contributed by atoms with Gasteiger partial charge in [0.15, 0.2) is 0 Å². The Balaban J connectivity index is 1.57. The molecule has 0 N–H and O–H groups in total. The van der Waals surface area contributed by atoms with E-state index in [1.807, 2.05) is 30.3 Å². The molecule has 1 aromatic heterocycles. The van der Waals surface area contributed by atoms with E-state index in [1.54, 1.807) is 6.07 Å². The number of carbonyl (C=O) groups excluding carboxylic acids is 2. The number of ether oxygens (including phenoxy) is 2. The molecule has 5 heteroatoms. The number of furan rings is 1. The summed E-state index contributed by atoms with van der Waals surface area (Å²) in [4.78, 5) is 24.8. The first-order chi connectivity index (χ1) is 12.2. The highest BCUT2D eigenvalue weighted by atomic mass is 16.6. The molecule has 0 radical (unpaired) electrons. The topological polar surface area (TPSA) is 65.7 Å². The van der Waals surface area contributed by atoms with Crippen molar-refractivity contribution in [3.8, 4) is 11.3 Å². The maximum atomic E-state index is 12.4. The van der Waals surface area contributed by atoms with Gasteiger partial charge in [-0.25, -0.2) is 9.59 Å². The molecule has 1 aromatic carbocycles. The molecule has 2 aliphatic carbocycles. The molecular weight excluding hydrogens is 320 g/mol. The molecule has 130 valence electrons. The van der Waals surface area contributed by atoms with Gasteiger partial charge in [0.1, 0.15) is 11.3 Å². The molecule has 1 heterocycles. The van der Waals surface area contributed by atoms with Gasteiger partial charge in [-0.2, -0.15) is 0 Å². The SMILES string of the molecule is O=C(OCC1CC1)c1cc(-c2ccccc2)oc1C(=O)OCC1CC1. The molecule has 0 atom stereocenters. The number of hydrogen-bond donors (Lipinski definition) is 0. The summed E-state index contributed by atoms with van der Waals surface area (Å²) < 4.78 is 16.3. The van der Waals surface area contributed by atoms with Gasteiger partial charge in [-0.1, -0.05) is 30.3 Å². The number of hydrogen-bond acceptors (Lipinski definition) is 5. The average molecular weight is 340 g/mol. The zero-order chi connectivity index (χ0) is 17.2. The highest BCUT2D eigenvalue weighted by Gasteiger charge is 2.30. The minimum absolute atomic E-state index is 0.0692. The van der Waals surface area contributed by atoms with Gasteiger partial charge in [-0.15, -0.1) is 0 Å². The number of rotatable bonds is 7. The lowest BCUT2D eigenvalue weighted by atomic mass is 10.1. The summed E-state index contributed by atoms with van der Waals surface area (Å²) >= 11 is 0. The summed E-state index contributed by atoms with van der Waals surface area (Å²) in [7, 11) is 0. The lowest BCUT2D eigenvalue weighted by Crippen LogP contribution is -2.14. The Morgan fingerprint density at radius 1 is 0.920 bits per heavy atom. The molecule has 0 bridgehead atoms. The summed E-state index contributed by atoms with van der Waals surface area (Å²) in [5.41, 5.74) is 0.931. The first-order valence-electron chi connectivity index (χ1n) is 8.74. The molecule has 0 saturated heterocycles. The van der Waals surface area contributed by atoms with Crippen molar-refractivity contribution in [2.24, 2.45) is 11.8 Å².